The molecule has 0 saturated carbocycles. The van der Waals surface area contributed by atoms with Crippen molar-refractivity contribution in [2.24, 2.45) is 0 Å². The minimum Gasteiger partial charge on any atom is -0.388 e. The molecule has 2 aromatic rings. The minimum atomic E-state index is -4.28. The summed E-state index contributed by atoms with van der Waals surface area (Å²) in [4.78, 5) is 24.0. The molecule has 0 amide bonds. The zero-order valence-electron chi connectivity index (χ0n) is 15.6. The SMILES string of the molecule is O=C1C(C=CC=C/C=C2/C(=O)c3ccccc3OS2(=O)=O)=S(=O)(O)Oc2ccccc21. The molecule has 0 aliphatic carbocycles. The lowest BCUT2D eigenvalue weighted by atomic mass is 10.1. The standard InChI is InChI=1S/C21H14O8S2/c22-20-14-8-4-6-10-16(14)28-30(24,25)18(20)12-2-1-3-13-19-21(23)15-9-5-7-11-17(15)29-31(19,26)27/h1-13H,(H,24,25)/b3-1?,12-2?,19-13-. The van der Waals surface area contributed by atoms with Crippen molar-refractivity contribution in [2.45, 2.75) is 0 Å². The highest BCUT2D eigenvalue weighted by molar-refractivity contribution is 7.95. The van der Waals surface area contributed by atoms with Gasteiger partial charge < -0.3 is 8.37 Å². The summed E-state index contributed by atoms with van der Waals surface area (Å²) in [6.07, 6.45) is 5.94. The molecule has 158 valence electrons. The van der Waals surface area contributed by atoms with Gasteiger partial charge in [-0.1, -0.05) is 42.5 Å². The lowest BCUT2D eigenvalue weighted by Gasteiger charge is -2.18. The third kappa shape index (κ3) is 3.83. The summed E-state index contributed by atoms with van der Waals surface area (Å²) in [5, 5.41) is 0. The highest BCUT2D eigenvalue weighted by atomic mass is 32.2. The lowest BCUT2D eigenvalue weighted by Crippen LogP contribution is -2.30. The smallest absolute Gasteiger partial charge is 0.343 e. The maximum atomic E-state index is 12.5. The third-order valence-electron chi connectivity index (χ3n) is 4.38. The van der Waals surface area contributed by atoms with Crippen LogP contribution in [0.3, 0.4) is 0 Å². The molecule has 2 aliphatic heterocycles. The summed E-state index contributed by atoms with van der Waals surface area (Å²) in [7, 11) is -8.33. The van der Waals surface area contributed by atoms with Gasteiger partial charge in [-0.2, -0.15) is 12.6 Å². The Morgan fingerprint density at radius 2 is 1.32 bits per heavy atom. The summed E-state index contributed by atoms with van der Waals surface area (Å²) in [6.45, 7) is 0. The zero-order chi connectivity index (χ0) is 22.2. The summed E-state index contributed by atoms with van der Waals surface area (Å²) in [6, 6.07) is 12.0. The predicted molar refractivity (Wildman–Crippen MR) is 114 cm³/mol. The normalized spacial score (nSPS) is 23.5. The average Bonchev–Trinajstić information content (AvgIpc) is 2.71. The average molecular weight is 458 g/mol. The van der Waals surface area contributed by atoms with Crippen molar-refractivity contribution in [1.82, 2.24) is 0 Å². The first-order valence-corrected chi connectivity index (χ1v) is 11.7. The van der Waals surface area contributed by atoms with E-state index in [-0.39, 0.29) is 22.6 Å². The van der Waals surface area contributed by atoms with Gasteiger partial charge in [0, 0.05) is 0 Å². The molecule has 2 aliphatic rings. The van der Waals surface area contributed by atoms with E-state index in [0.717, 1.165) is 12.2 Å². The van der Waals surface area contributed by atoms with E-state index in [2.05, 4.69) is 0 Å². The highest BCUT2D eigenvalue weighted by Crippen LogP contribution is 2.31. The molecule has 8 nitrogen and oxygen atoms in total. The van der Waals surface area contributed by atoms with E-state index in [9.17, 15) is 26.8 Å². The number of hydrogen-bond acceptors (Lipinski definition) is 7. The Labute approximate surface area is 178 Å². The maximum Gasteiger partial charge on any atom is 0.343 e. The Morgan fingerprint density at radius 3 is 2.00 bits per heavy atom. The van der Waals surface area contributed by atoms with Gasteiger partial charge in [-0.05, 0) is 36.4 Å². The molecular weight excluding hydrogens is 444 g/mol. The second-order valence-electron chi connectivity index (χ2n) is 6.39. The number of ketones is 2. The van der Waals surface area contributed by atoms with Crippen LogP contribution in [0.2, 0.25) is 0 Å². The molecule has 2 heterocycles. The number of rotatable bonds is 3. The van der Waals surface area contributed by atoms with Crippen LogP contribution >= 0.6 is 0 Å². The van der Waals surface area contributed by atoms with Crippen LogP contribution in [0.15, 0.2) is 83.8 Å². The van der Waals surface area contributed by atoms with E-state index in [4.69, 9.17) is 8.37 Å². The van der Waals surface area contributed by atoms with Gasteiger partial charge in [-0.25, -0.2) is 0 Å². The molecule has 2 aromatic carbocycles. The number of fused-ring (bicyclic) bond motifs is 2. The van der Waals surface area contributed by atoms with Gasteiger partial charge in [-0.15, -0.1) is 0 Å². The van der Waals surface area contributed by atoms with Gasteiger partial charge in [0.15, 0.2) is 16.4 Å². The monoisotopic (exact) mass is 458 g/mol. The molecule has 0 aromatic heterocycles. The fourth-order valence-corrected chi connectivity index (χ4v) is 5.08. The molecule has 1 unspecified atom stereocenters. The number of Topliss-reactive ketones (excluding diaryl/α,β-unsaturated/α-hetero) is 2. The first-order chi connectivity index (χ1) is 14.7. The summed E-state index contributed by atoms with van der Waals surface area (Å²) < 4.78 is 56.7. The van der Waals surface area contributed by atoms with E-state index in [0.29, 0.717) is 0 Å². The Bertz CT molecular complexity index is 1440. The Hall–Kier alpha value is -3.47. The Morgan fingerprint density at radius 1 is 0.742 bits per heavy atom. The molecule has 0 bridgehead atoms. The largest absolute Gasteiger partial charge is 0.388 e. The third-order valence-corrected chi connectivity index (χ3v) is 6.92. The summed E-state index contributed by atoms with van der Waals surface area (Å²) >= 11 is 0. The van der Waals surface area contributed by atoms with E-state index < -0.39 is 41.5 Å². The predicted octanol–water partition coefficient (Wildman–Crippen LogP) is 2.71. The van der Waals surface area contributed by atoms with Crippen molar-refractivity contribution >= 4 is 36.6 Å². The first kappa shape index (κ1) is 20.8. The molecular formula is C21H14O8S2. The Balaban J connectivity index is 1.60. The lowest BCUT2D eigenvalue weighted by molar-refractivity contribution is 0.103. The van der Waals surface area contributed by atoms with Crippen molar-refractivity contribution < 1.29 is 35.1 Å². The van der Waals surface area contributed by atoms with E-state index in [1.807, 2.05) is 0 Å². The van der Waals surface area contributed by atoms with Crippen molar-refractivity contribution in [3.63, 3.8) is 0 Å². The summed E-state index contributed by atoms with van der Waals surface area (Å²) in [5.41, 5.74) is 0.266. The van der Waals surface area contributed by atoms with Crippen LogP contribution in [0.1, 0.15) is 20.7 Å². The van der Waals surface area contributed by atoms with Gasteiger partial charge in [-0.3, -0.25) is 14.1 Å². The minimum absolute atomic E-state index is 0.0127. The molecule has 0 spiro atoms. The molecule has 31 heavy (non-hydrogen) atoms. The van der Waals surface area contributed by atoms with Crippen LogP contribution < -0.4 is 8.37 Å². The molecule has 10 heteroatoms. The second-order valence-corrected chi connectivity index (χ2v) is 9.46. The van der Waals surface area contributed by atoms with Crippen LogP contribution in [-0.4, -0.2) is 33.6 Å². The van der Waals surface area contributed by atoms with Crippen molar-refractivity contribution in [1.29, 1.82) is 0 Å². The van der Waals surface area contributed by atoms with Gasteiger partial charge >= 0.3 is 10.1 Å². The Kier molecular flexibility index (Phi) is 5.13. The summed E-state index contributed by atoms with van der Waals surface area (Å²) in [5.74, 6) is -1.40. The van der Waals surface area contributed by atoms with E-state index in [1.165, 1.54) is 42.5 Å². The molecule has 4 rings (SSSR count). The van der Waals surface area contributed by atoms with Crippen molar-refractivity contribution in [3.05, 3.63) is 94.9 Å². The van der Waals surface area contributed by atoms with Crippen LogP contribution in [0.4, 0.5) is 0 Å². The number of carbonyl (C=O) groups is 2. The maximum absolute atomic E-state index is 12.5. The molecule has 1 N–H and O–H groups in total. The topological polar surface area (TPSA) is 124 Å². The number of allylic oxidation sites excluding steroid dienone is 6. The van der Waals surface area contributed by atoms with Crippen LogP contribution in [0, 0.1) is 0 Å². The zero-order valence-corrected chi connectivity index (χ0v) is 17.3. The first-order valence-electron chi connectivity index (χ1n) is 8.81. The van der Waals surface area contributed by atoms with Gasteiger partial charge in [0.05, 0.1) is 11.1 Å². The van der Waals surface area contributed by atoms with Gasteiger partial charge in [0.2, 0.25) is 11.6 Å². The highest BCUT2D eigenvalue weighted by Gasteiger charge is 2.35. The number of carbonyl (C=O) groups excluding carboxylic acids is 2. The fourth-order valence-electron chi connectivity index (χ4n) is 2.95. The van der Waals surface area contributed by atoms with Crippen LogP contribution in [0.25, 0.3) is 0 Å². The number of hydrogen-bond donors (Lipinski definition) is 1. The van der Waals surface area contributed by atoms with Crippen LogP contribution in [-0.2, 0) is 20.2 Å². The fraction of sp³-hybridized carbons (Fsp3) is 0. The number of para-hydroxylation sites is 2. The van der Waals surface area contributed by atoms with Gasteiger partial charge in [0.1, 0.15) is 4.86 Å². The molecule has 0 radical (unpaired) electrons. The molecule has 0 fully saturated rings. The van der Waals surface area contributed by atoms with Crippen molar-refractivity contribution in [2.75, 3.05) is 0 Å². The van der Waals surface area contributed by atoms with Gasteiger partial charge in [0.25, 0.3) is 10.1 Å². The van der Waals surface area contributed by atoms with E-state index >= 15 is 0 Å². The van der Waals surface area contributed by atoms with Crippen LogP contribution in [0.5, 0.6) is 11.5 Å². The quantitative estimate of drug-likeness (QED) is 0.322. The molecule has 0 saturated heterocycles. The molecule has 1 atom stereocenters. The second kappa shape index (κ2) is 7.65. The number of benzene rings is 2. The van der Waals surface area contributed by atoms with Crippen molar-refractivity contribution in [3.8, 4) is 11.5 Å². The van der Waals surface area contributed by atoms with E-state index in [1.54, 1.807) is 24.3 Å².